The molecule has 14 heavy (non-hydrogen) atoms. The summed E-state index contributed by atoms with van der Waals surface area (Å²) in [6.45, 7) is 10.7. The number of hydrogen-bond donors (Lipinski definition) is 1. The second kappa shape index (κ2) is 5.71. The van der Waals surface area contributed by atoms with Crippen molar-refractivity contribution in [2.24, 2.45) is 17.8 Å². The second-order valence-corrected chi connectivity index (χ2v) is 6.50. The van der Waals surface area contributed by atoms with Crippen molar-refractivity contribution < 1.29 is 8.42 Å². The third-order valence-corrected chi connectivity index (χ3v) is 4.00. The Morgan fingerprint density at radius 3 is 1.79 bits per heavy atom. The van der Waals surface area contributed by atoms with E-state index in [-0.39, 0.29) is 5.75 Å². The van der Waals surface area contributed by atoms with E-state index in [0.29, 0.717) is 24.3 Å². The lowest BCUT2D eigenvalue weighted by Crippen LogP contribution is -2.34. The van der Waals surface area contributed by atoms with Crippen molar-refractivity contribution in [3.8, 4) is 0 Å². The third kappa shape index (κ3) is 4.96. The fourth-order valence-corrected chi connectivity index (χ4v) is 2.22. The molecule has 0 amide bonds. The average molecular weight is 221 g/mol. The van der Waals surface area contributed by atoms with Gasteiger partial charge < -0.3 is 0 Å². The summed E-state index contributed by atoms with van der Waals surface area (Å²) in [6.07, 6.45) is 0. The molecule has 0 radical (unpaired) electrons. The van der Waals surface area contributed by atoms with Crippen LogP contribution in [0.25, 0.3) is 0 Å². The monoisotopic (exact) mass is 221 g/mol. The Morgan fingerprint density at radius 2 is 1.50 bits per heavy atom. The molecule has 0 spiro atoms. The summed E-state index contributed by atoms with van der Waals surface area (Å²) >= 11 is 0. The maximum atomic E-state index is 11.2. The Labute approximate surface area is 88.3 Å². The molecule has 0 aliphatic carbocycles. The van der Waals surface area contributed by atoms with Crippen molar-refractivity contribution in [1.29, 1.82) is 0 Å². The van der Waals surface area contributed by atoms with Crippen molar-refractivity contribution in [2.75, 3.05) is 12.3 Å². The fourth-order valence-electron chi connectivity index (χ4n) is 1.57. The fraction of sp³-hybridized carbons (Fsp3) is 1.00. The van der Waals surface area contributed by atoms with Gasteiger partial charge in [-0.25, -0.2) is 13.1 Å². The molecule has 0 bridgehead atoms. The van der Waals surface area contributed by atoms with Crippen LogP contribution in [0.2, 0.25) is 0 Å². The molecule has 0 fully saturated rings. The lowest BCUT2D eigenvalue weighted by atomic mass is 9.86. The van der Waals surface area contributed by atoms with E-state index in [9.17, 15) is 8.42 Å². The van der Waals surface area contributed by atoms with Gasteiger partial charge in [-0.3, -0.25) is 0 Å². The lowest BCUT2D eigenvalue weighted by Gasteiger charge is -2.24. The highest BCUT2D eigenvalue weighted by atomic mass is 32.2. The minimum atomic E-state index is -3.03. The van der Waals surface area contributed by atoms with Gasteiger partial charge in [0.05, 0.1) is 5.75 Å². The highest BCUT2D eigenvalue weighted by Gasteiger charge is 2.19. The largest absolute Gasteiger partial charge is 0.215 e. The predicted octanol–water partition coefficient (Wildman–Crippen LogP) is 1.85. The lowest BCUT2D eigenvalue weighted by molar-refractivity contribution is 0.289. The Hall–Kier alpha value is -0.0900. The van der Waals surface area contributed by atoms with Gasteiger partial charge >= 0.3 is 0 Å². The van der Waals surface area contributed by atoms with Gasteiger partial charge in [-0.05, 0) is 24.7 Å². The zero-order chi connectivity index (χ0) is 11.4. The van der Waals surface area contributed by atoms with Crippen molar-refractivity contribution in [3.05, 3.63) is 0 Å². The summed E-state index contributed by atoms with van der Waals surface area (Å²) in [5.74, 6) is 1.59. The molecule has 0 heterocycles. The van der Waals surface area contributed by atoms with E-state index < -0.39 is 10.0 Å². The van der Waals surface area contributed by atoms with Crippen LogP contribution in [-0.2, 0) is 10.0 Å². The summed E-state index contributed by atoms with van der Waals surface area (Å²) in [6, 6.07) is 0. The van der Waals surface area contributed by atoms with E-state index in [1.807, 2.05) is 0 Å². The summed E-state index contributed by atoms with van der Waals surface area (Å²) in [4.78, 5) is 0. The van der Waals surface area contributed by atoms with Crippen molar-refractivity contribution in [1.82, 2.24) is 4.72 Å². The molecule has 1 N–H and O–H groups in total. The summed E-state index contributed by atoms with van der Waals surface area (Å²) in [5, 5.41) is 0. The SMILES string of the molecule is CCS(=O)(=O)NCC(C(C)C)C(C)C. The highest BCUT2D eigenvalue weighted by Crippen LogP contribution is 2.19. The van der Waals surface area contributed by atoms with Gasteiger partial charge in [0.25, 0.3) is 0 Å². The maximum absolute atomic E-state index is 11.2. The molecule has 0 aliphatic heterocycles. The van der Waals surface area contributed by atoms with Crippen LogP contribution in [0.4, 0.5) is 0 Å². The van der Waals surface area contributed by atoms with E-state index in [2.05, 4.69) is 32.4 Å². The number of rotatable bonds is 6. The van der Waals surface area contributed by atoms with Crippen LogP contribution in [0.1, 0.15) is 34.6 Å². The van der Waals surface area contributed by atoms with Crippen LogP contribution in [0.5, 0.6) is 0 Å². The van der Waals surface area contributed by atoms with E-state index >= 15 is 0 Å². The number of nitrogens with one attached hydrogen (secondary N) is 1. The van der Waals surface area contributed by atoms with E-state index in [1.54, 1.807) is 6.92 Å². The topological polar surface area (TPSA) is 46.2 Å². The average Bonchev–Trinajstić information content (AvgIpc) is 2.03. The molecule has 4 heteroatoms. The van der Waals surface area contributed by atoms with Gasteiger partial charge in [-0.2, -0.15) is 0 Å². The predicted molar refractivity (Wildman–Crippen MR) is 60.6 cm³/mol. The standard InChI is InChI=1S/C10H23NO2S/c1-6-14(12,13)11-7-10(8(2)3)9(4)5/h8-11H,6-7H2,1-5H3. The van der Waals surface area contributed by atoms with Crippen LogP contribution < -0.4 is 4.72 Å². The van der Waals surface area contributed by atoms with Gasteiger partial charge in [0.2, 0.25) is 10.0 Å². The normalized spacial score (nSPS) is 13.1. The van der Waals surface area contributed by atoms with E-state index in [1.165, 1.54) is 0 Å². The highest BCUT2D eigenvalue weighted by molar-refractivity contribution is 7.89. The Morgan fingerprint density at radius 1 is 1.07 bits per heavy atom. The summed E-state index contributed by atoms with van der Waals surface area (Å²) in [7, 11) is -3.03. The maximum Gasteiger partial charge on any atom is 0.211 e. The first kappa shape index (κ1) is 13.9. The van der Waals surface area contributed by atoms with Crippen LogP contribution in [0.15, 0.2) is 0 Å². The molecule has 0 rings (SSSR count). The molecule has 0 aromatic heterocycles. The summed E-state index contributed by atoms with van der Waals surface area (Å²) in [5.41, 5.74) is 0. The Bertz CT molecular complexity index is 237. The van der Waals surface area contributed by atoms with Gasteiger partial charge in [0.15, 0.2) is 0 Å². The molecule has 0 atom stereocenters. The van der Waals surface area contributed by atoms with Crippen LogP contribution in [0, 0.1) is 17.8 Å². The van der Waals surface area contributed by atoms with Crippen LogP contribution >= 0.6 is 0 Å². The molecule has 0 aromatic rings. The van der Waals surface area contributed by atoms with Crippen molar-refractivity contribution >= 4 is 10.0 Å². The summed E-state index contributed by atoms with van der Waals surface area (Å²) < 4.78 is 25.1. The van der Waals surface area contributed by atoms with Gasteiger partial charge in [-0.1, -0.05) is 27.7 Å². The Kier molecular flexibility index (Phi) is 5.67. The first-order valence-corrected chi connectivity index (χ1v) is 6.92. The van der Waals surface area contributed by atoms with E-state index in [0.717, 1.165) is 0 Å². The van der Waals surface area contributed by atoms with Crippen LogP contribution in [-0.4, -0.2) is 20.7 Å². The molecule has 3 nitrogen and oxygen atoms in total. The van der Waals surface area contributed by atoms with Crippen molar-refractivity contribution in [3.63, 3.8) is 0 Å². The van der Waals surface area contributed by atoms with E-state index in [4.69, 9.17) is 0 Å². The number of hydrogen-bond acceptors (Lipinski definition) is 2. The molecule has 0 aliphatic rings. The van der Waals surface area contributed by atoms with Crippen LogP contribution in [0.3, 0.4) is 0 Å². The number of sulfonamides is 1. The van der Waals surface area contributed by atoms with Gasteiger partial charge in [0, 0.05) is 6.54 Å². The second-order valence-electron chi connectivity index (χ2n) is 4.40. The van der Waals surface area contributed by atoms with Gasteiger partial charge in [0.1, 0.15) is 0 Å². The first-order chi connectivity index (χ1) is 6.30. The third-order valence-electron chi connectivity index (χ3n) is 2.63. The molecular weight excluding hydrogens is 198 g/mol. The molecule has 0 unspecified atom stereocenters. The van der Waals surface area contributed by atoms with Gasteiger partial charge in [-0.15, -0.1) is 0 Å². The molecule has 86 valence electrons. The van der Waals surface area contributed by atoms with Crippen molar-refractivity contribution in [2.45, 2.75) is 34.6 Å². The minimum absolute atomic E-state index is 0.163. The molecular formula is C10H23NO2S. The molecule has 0 saturated carbocycles. The minimum Gasteiger partial charge on any atom is -0.215 e. The zero-order valence-corrected chi connectivity index (χ0v) is 10.7. The quantitative estimate of drug-likeness (QED) is 0.744. The molecule has 0 aromatic carbocycles. The molecule has 0 saturated heterocycles. The zero-order valence-electron chi connectivity index (χ0n) is 9.87. The first-order valence-electron chi connectivity index (χ1n) is 5.27. The smallest absolute Gasteiger partial charge is 0.211 e. The Balaban J connectivity index is 4.21.